The van der Waals surface area contributed by atoms with Gasteiger partial charge in [0.2, 0.25) is 0 Å². The highest BCUT2D eigenvalue weighted by Crippen LogP contribution is 2.54. The maximum atomic E-state index is 2.48. The van der Waals surface area contributed by atoms with Crippen LogP contribution in [0, 0.1) is 10.8 Å². The molecule has 0 fully saturated rings. The van der Waals surface area contributed by atoms with E-state index in [1.165, 1.54) is 19.0 Å². The predicted octanol–water partition coefficient (Wildman–Crippen LogP) is 4.75. The fourth-order valence-corrected chi connectivity index (χ4v) is 5.34. The third-order valence-electron chi connectivity index (χ3n) is 2.67. The minimum Gasteiger partial charge on any atom is -0.0647 e. The summed E-state index contributed by atoms with van der Waals surface area (Å²) >= 11 is 0. The third kappa shape index (κ3) is 6.82. The zero-order valence-corrected chi connectivity index (χ0v) is 12.5. The first-order valence-electron chi connectivity index (χ1n) is 5.78. The van der Waals surface area contributed by atoms with Gasteiger partial charge in [0.25, 0.3) is 0 Å². The normalized spacial score (nSPS) is 18.0. The van der Waals surface area contributed by atoms with E-state index in [-0.39, 0.29) is 0 Å². The van der Waals surface area contributed by atoms with Crippen molar-refractivity contribution in [2.45, 2.75) is 47.5 Å². The molecule has 1 heteroatoms. The van der Waals surface area contributed by atoms with Crippen molar-refractivity contribution >= 4 is 7.26 Å². The van der Waals surface area contributed by atoms with E-state index in [0.29, 0.717) is 10.8 Å². The quantitative estimate of drug-likeness (QED) is 0.596. The fourth-order valence-electron chi connectivity index (χ4n) is 2.72. The van der Waals surface area contributed by atoms with Crippen molar-refractivity contribution in [1.29, 1.82) is 0 Å². The molecule has 0 saturated heterocycles. The highest BCUT2D eigenvalue weighted by atomic mass is 31.2. The molecule has 0 aliphatic heterocycles. The van der Waals surface area contributed by atoms with Crippen molar-refractivity contribution in [2.24, 2.45) is 10.8 Å². The third-order valence-corrected chi connectivity index (χ3v) is 4.38. The van der Waals surface area contributed by atoms with Gasteiger partial charge in [0.1, 0.15) is 0 Å². The van der Waals surface area contributed by atoms with Crippen LogP contribution in [0.15, 0.2) is 0 Å². The molecule has 0 aromatic rings. The Morgan fingerprint density at radius 2 is 1.36 bits per heavy atom. The Kier molecular flexibility index (Phi) is 4.66. The van der Waals surface area contributed by atoms with E-state index < -0.39 is 7.26 Å². The summed E-state index contributed by atoms with van der Waals surface area (Å²) in [6.07, 6.45) is 4.11. The summed E-state index contributed by atoms with van der Waals surface area (Å²) < 4.78 is 0. The van der Waals surface area contributed by atoms with Crippen LogP contribution >= 0.6 is 7.26 Å². The minimum absolute atomic E-state index is 0.472. The summed E-state index contributed by atoms with van der Waals surface area (Å²) in [7, 11) is -0.640. The van der Waals surface area contributed by atoms with E-state index in [4.69, 9.17) is 0 Å². The first-order valence-corrected chi connectivity index (χ1v) is 9.09. The van der Waals surface area contributed by atoms with Crippen molar-refractivity contribution in [1.82, 2.24) is 0 Å². The first kappa shape index (κ1) is 14.4. The monoisotopic (exact) mass is 217 g/mol. The van der Waals surface area contributed by atoms with Crippen LogP contribution in [0.2, 0.25) is 0 Å². The van der Waals surface area contributed by atoms with Gasteiger partial charge in [0.15, 0.2) is 0 Å². The number of hydrogen-bond acceptors (Lipinski definition) is 0. The largest absolute Gasteiger partial charge is 0.0647 e. The summed E-state index contributed by atoms with van der Waals surface area (Å²) in [5.74, 6) is 0. The van der Waals surface area contributed by atoms with Crippen LogP contribution in [0.3, 0.4) is 0 Å². The molecule has 0 spiro atoms. The lowest BCUT2D eigenvalue weighted by Crippen LogP contribution is -2.27. The molecule has 0 saturated carbocycles. The van der Waals surface area contributed by atoms with Gasteiger partial charge in [-0.3, -0.25) is 0 Å². The summed E-state index contributed by atoms with van der Waals surface area (Å²) in [6, 6.07) is 0. The summed E-state index contributed by atoms with van der Waals surface area (Å²) in [5, 5.41) is 0. The molecule has 86 valence electrons. The highest BCUT2D eigenvalue weighted by molar-refractivity contribution is 7.73. The van der Waals surface area contributed by atoms with Crippen LogP contribution in [0.25, 0.3) is 0 Å². The average Bonchev–Trinajstić information content (AvgIpc) is 1.78. The Morgan fingerprint density at radius 3 is 1.57 bits per heavy atom. The lowest BCUT2D eigenvalue weighted by atomic mass is 9.75. The second kappa shape index (κ2) is 4.52. The number of rotatable bonds is 4. The van der Waals surface area contributed by atoms with Crippen LogP contribution in [-0.4, -0.2) is 26.2 Å². The Hall–Kier alpha value is 0.430. The smallest absolute Gasteiger partial charge is 0.0639 e. The topological polar surface area (TPSA) is 0 Å². The van der Waals surface area contributed by atoms with Gasteiger partial charge >= 0.3 is 0 Å². The SMILES string of the molecule is CCC(C)(CC(C)(C)C)C[P+](C)(C)C. The molecule has 0 aromatic heterocycles. The van der Waals surface area contributed by atoms with Crippen LogP contribution < -0.4 is 0 Å². The van der Waals surface area contributed by atoms with Crippen molar-refractivity contribution in [3.05, 3.63) is 0 Å². The Balaban J connectivity index is 4.49. The zero-order valence-electron chi connectivity index (χ0n) is 11.6. The van der Waals surface area contributed by atoms with Gasteiger partial charge in [-0.05, 0) is 18.3 Å². The van der Waals surface area contributed by atoms with Crippen molar-refractivity contribution in [2.75, 3.05) is 26.2 Å². The second-order valence-corrected chi connectivity index (χ2v) is 12.2. The van der Waals surface area contributed by atoms with E-state index in [0.717, 1.165) is 0 Å². The lowest BCUT2D eigenvalue weighted by molar-refractivity contribution is 0.209. The minimum atomic E-state index is -0.640. The molecular formula is C13H30P+. The molecule has 0 radical (unpaired) electrons. The lowest BCUT2D eigenvalue weighted by Gasteiger charge is -2.36. The Bertz CT molecular complexity index is 153. The van der Waals surface area contributed by atoms with Crippen molar-refractivity contribution in [3.8, 4) is 0 Å². The average molecular weight is 217 g/mol. The summed E-state index contributed by atoms with van der Waals surface area (Å²) in [6.45, 7) is 19.3. The fraction of sp³-hybridized carbons (Fsp3) is 1.00. The summed E-state index contributed by atoms with van der Waals surface area (Å²) in [5.41, 5.74) is 1.03. The molecule has 0 N–H and O–H groups in total. The van der Waals surface area contributed by atoms with Crippen LogP contribution in [0.4, 0.5) is 0 Å². The highest BCUT2D eigenvalue weighted by Gasteiger charge is 2.35. The van der Waals surface area contributed by atoms with E-state index in [2.05, 4.69) is 54.6 Å². The van der Waals surface area contributed by atoms with Crippen molar-refractivity contribution < 1.29 is 0 Å². The van der Waals surface area contributed by atoms with E-state index >= 15 is 0 Å². The van der Waals surface area contributed by atoms with Gasteiger partial charge < -0.3 is 0 Å². The Morgan fingerprint density at radius 1 is 0.929 bits per heavy atom. The number of hydrogen-bond donors (Lipinski definition) is 0. The molecule has 0 heterocycles. The van der Waals surface area contributed by atoms with Gasteiger partial charge in [-0.25, -0.2) is 0 Å². The van der Waals surface area contributed by atoms with Gasteiger partial charge in [-0.1, -0.05) is 34.6 Å². The molecule has 0 aliphatic rings. The molecular weight excluding hydrogens is 187 g/mol. The van der Waals surface area contributed by atoms with Crippen LogP contribution in [0.5, 0.6) is 0 Å². The second-order valence-electron chi connectivity index (χ2n) is 7.35. The van der Waals surface area contributed by atoms with E-state index in [1.54, 1.807) is 0 Å². The van der Waals surface area contributed by atoms with Crippen molar-refractivity contribution in [3.63, 3.8) is 0 Å². The molecule has 0 bridgehead atoms. The van der Waals surface area contributed by atoms with E-state index in [9.17, 15) is 0 Å². The van der Waals surface area contributed by atoms with Crippen LogP contribution in [0.1, 0.15) is 47.5 Å². The molecule has 1 atom stereocenters. The van der Waals surface area contributed by atoms with Gasteiger partial charge in [-0.15, -0.1) is 0 Å². The Labute approximate surface area is 92.2 Å². The van der Waals surface area contributed by atoms with Gasteiger partial charge in [0.05, 0.1) is 6.16 Å². The first-order chi connectivity index (χ1) is 5.97. The molecule has 0 nitrogen and oxygen atoms in total. The van der Waals surface area contributed by atoms with Gasteiger partial charge in [0, 0.05) is 32.7 Å². The molecule has 1 unspecified atom stereocenters. The molecule has 0 aliphatic carbocycles. The molecule has 14 heavy (non-hydrogen) atoms. The predicted molar refractivity (Wildman–Crippen MR) is 72.0 cm³/mol. The van der Waals surface area contributed by atoms with E-state index in [1.807, 2.05) is 0 Å². The van der Waals surface area contributed by atoms with Crippen LogP contribution in [-0.2, 0) is 0 Å². The zero-order chi connectivity index (χ0) is 11.6. The maximum absolute atomic E-state index is 2.48. The maximum Gasteiger partial charge on any atom is 0.0639 e. The molecule has 0 amide bonds. The van der Waals surface area contributed by atoms with Gasteiger partial charge in [-0.2, -0.15) is 0 Å². The standard InChI is InChI=1S/C13H30P/c1-9-13(5,10-12(2,3)4)11-14(6,7)8/h9-11H2,1-8H3/q+1. The molecule has 0 rings (SSSR count). The summed E-state index contributed by atoms with van der Waals surface area (Å²) in [4.78, 5) is 0. The molecule has 0 aromatic carbocycles.